The molecule has 0 fully saturated rings. The molecule has 0 saturated carbocycles. The van der Waals surface area contributed by atoms with E-state index in [-0.39, 0.29) is 17.2 Å². The lowest BCUT2D eigenvalue weighted by Gasteiger charge is -2.30. The van der Waals surface area contributed by atoms with Crippen molar-refractivity contribution in [3.05, 3.63) is 132 Å². The molecule has 5 nitrogen and oxygen atoms in total. The van der Waals surface area contributed by atoms with Crippen LogP contribution in [0.1, 0.15) is 45.1 Å². The molecule has 34 heavy (non-hydrogen) atoms. The van der Waals surface area contributed by atoms with E-state index in [1.807, 2.05) is 28.8 Å². The molecular formula is C28H19N2O3S-. The van der Waals surface area contributed by atoms with Gasteiger partial charge in [0.2, 0.25) is 0 Å². The van der Waals surface area contributed by atoms with Gasteiger partial charge in [-0.05, 0) is 46.7 Å². The second-order valence-electron chi connectivity index (χ2n) is 8.43. The van der Waals surface area contributed by atoms with Crippen molar-refractivity contribution in [2.24, 2.45) is 4.99 Å². The third-order valence-electron chi connectivity index (χ3n) is 6.43. The third kappa shape index (κ3) is 3.35. The van der Waals surface area contributed by atoms with Crippen molar-refractivity contribution >= 4 is 29.1 Å². The monoisotopic (exact) mass is 463 g/mol. The van der Waals surface area contributed by atoms with E-state index in [9.17, 15) is 14.7 Å². The summed E-state index contributed by atoms with van der Waals surface area (Å²) in [6.45, 7) is 0. The average Bonchev–Trinajstić information content (AvgIpc) is 3.18. The first-order chi connectivity index (χ1) is 16.6. The van der Waals surface area contributed by atoms with E-state index in [0.29, 0.717) is 9.33 Å². The molecule has 1 aliphatic carbocycles. The van der Waals surface area contributed by atoms with E-state index in [1.165, 1.54) is 34.6 Å². The maximum Gasteiger partial charge on any atom is 0.271 e. The van der Waals surface area contributed by atoms with E-state index < -0.39 is 5.97 Å². The molecule has 0 unspecified atom stereocenters. The van der Waals surface area contributed by atoms with Crippen LogP contribution in [0.15, 0.2) is 94.2 Å². The number of hydrogen-bond donors (Lipinski definition) is 0. The molecule has 2 heterocycles. The molecule has 6 rings (SSSR count). The Bertz CT molecular complexity index is 1640. The van der Waals surface area contributed by atoms with Gasteiger partial charge in [-0.2, -0.15) is 0 Å². The van der Waals surface area contributed by atoms with Crippen molar-refractivity contribution in [1.29, 1.82) is 0 Å². The van der Waals surface area contributed by atoms with E-state index in [4.69, 9.17) is 4.99 Å². The molecule has 1 aromatic heterocycles. The summed E-state index contributed by atoms with van der Waals surface area (Å²) in [4.78, 5) is 30.4. The summed E-state index contributed by atoms with van der Waals surface area (Å²) in [5, 5.41) is 11.0. The predicted octanol–water partition coefficient (Wildman–Crippen LogP) is 2.68. The van der Waals surface area contributed by atoms with Crippen LogP contribution in [-0.2, 0) is 6.42 Å². The molecule has 166 valence electrons. The molecule has 0 saturated heterocycles. The Morgan fingerprint density at radius 3 is 2.47 bits per heavy atom. The zero-order valence-electron chi connectivity index (χ0n) is 18.1. The van der Waals surface area contributed by atoms with Gasteiger partial charge in [0.15, 0.2) is 4.80 Å². The van der Waals surface area contributed by atoms with E-state index in [0.717, 1.165) is 35.2 Å². The molecule has 3 aromatic carbocycles. The van der Waals surface area contributed by atoms with Crippen LogP contribution in [0.25, 0.3) is 11.8 Å². The number of rotatable bonds is 3. The smallest absolute Gasteiger partial charge is 0.271 e. The molecule has 2 aliphatic rings. The number of thiazole rings is 1. The summed E-state index contributed by atoms with van der Waals surface area (Å²) in [7, 11) is 0. The molecule has 0 spiro atoms. The minimum absolute atomic E-state index is 0.0908. The fraction of sp³-hybridized carbons (Fsp3) is 0.107. The molecule has 1 atom stereocenters. The van der Waals surface area contributed by atoms with Gasteiger partial charge < -0.3 is 9.90 Å². The first kappa shape index (κ1) is 20.6. The van der Waals surface area contributed by atoms with Crippen molar-refractivity contribution in [3.63, 3.8) is 0 Å². The van der Waals surface area contributed by atoms with Crippen molar-refractivity contribution in [2.45, 2.75) is 18.9 Å². The summed E-state index contributed by atoms with van der Waals surface area (Å²) in [5.74, 6) is -1.22. The molecule has 4 aromatic rings. The highest BCUT2D eigenvalue weighted by atomic mass is 32.1. The Morgan fingerprint density at radius 2 is 1.71 bits per heavy atom. The lowest BCUT2D eigenvalue weighted by atomic mass is 9.83. The Morgan fingerprint density at radius 1 is 0.971 bits per heavy atom. The van der Waals surface area contributed by atoms with Crippen LogP contribution in [-0.4, -0.2) is 10.5 Å². The number of aromatic nitrogens is 1. The number of carboxylic acids is 1. The number of nitrogens with zero attached hydrogens (tertiary/aromatic N) is 2. The number of hydrogen-bond acceptors (Lipinski definition) is 5. The number of carbonyl (C=O) groups is 1. The summed E-state index contributed by atoms with van der Waals surface area (Å²) in [6.07, 6.45) is 3.56. The van der Waals surface area contributed by atoms with Crippen molar-refractivity contribution < 1.29 is 9.90 Å². The minimum Gasteiger partial charge on any atom is -0.545 e. The number of allylic oxidation sites excluding steroid dienone is 1. The highest BCUT2D eigenvalue weighted by molar-refractivity contribution is 7.07. The molecule has 1 aliphatic heterocycles. The normalized spacial score (nSPS) is 16.9. The third-order valence-corrected chi connectivity index (χ3v) is 7.42. The van der Waals surface area contributed by atoms with Gasteiger partial charge in [0.25, 0.3) is 5.56 Å². The predicted molar refractivity (Wildman–Crippen MR) is 130 cm³/mol. The second-order valence-corrected chi connectivity index (χ2v) is 9.44. The van der Waals surface area contributed by atoms with Gasteiger partial charge in [0.1, 0.15) is 0 Å². The molecular weight excluding hydrogens is 444 g/mol. The SMILES string of the molecule is O=C([O-])c1ccc(/C=c2\sc3n(c2=O)[C@@H](c2ccccc2)C2=C(N=3)c3ccccc3CC2)cc1. The molecule has 0 bridgehead atoms. The fourth-order valence-electron chi connectivity index (χ4n) is 4.82. The summed E-state index contributed by atoms with van der Waals surface area (Å²) < 4.78 is 2.38. The standard InChI is InChI=1S/C28H20N2O3S/c31-26-23(16-17-10-12-20(13-11-17)27(32)33)34-28-29-24-21-9-5-4-6-18(21)14-15-22(24)25(30(26)28)19-7-2-1-3-8-19/h1-13,16,25H,14-15H2,(H,32,33)/p-1/b23-16-/t25-/m0/s1. The fourth-order valence-corrected chi connectivity index (χ4v) is 5.83. The highest BCUT2D eigenvalue weighted by Gasteiger charge is 2.32. The number of fused-ring (bicyclic) bond motifs is 3. The van der Waals surface area contributed by atoms with Crippen LogP contribution in [0.5, 0.6) is 0 Å². The summed E-state index contributed by atoms with van der Waals surface area (Å²) in [6, 6.07) is 24.6. The molecule has 0 radical (unpaired) electrons. The van der Waals surface area contributed by atoms with Crippen molar-refractivity contribution in [1.82, 2.24) is 4.57 Å². The average molecular weight is 464 g/mol. The Labute approximate surface area is 199 Å². The number of carbonyl (C=O) groups excluding carboxylic acids is 1. The van der Waals surface area contributed by atoms with Crippen LogP contribution in [0.2, 0.25) is 0 Å². The van der Waals surface area contributed by atoms with Gasteiger partial charge in [-0.25, -0.2) is 4.99 Å². The Hall–Kier alpha value is -4.03. The van der Waals surface area contributed by atoms with Crippen LogP contribution < -0.4 is 20.0 Å². The van der Waals surface area contributed by atoms with Crippen LogP contribution in [0.4, 0.5) is 0 Å². The Kier molecular flexibility index (Phi) is 4.89. The quantitative estimate of drug-likeness (QED) is 0.469. The zero-order chi connectivity index (χ0) is 23.2. The van der Waals surface area contributed by atoms with E-state index in [1.54, 1.807) is 18.2 Å². The first-order valence-corrected chi connectivity index (χ1v) is 11.9. The zero-order valence-corrected chi connectivity index (χ0v) is 18.9. The molecule has 6 heteroatoms. The minimum atomic E-state index is -1.22. The summed E-state index contributed by atoms with van der Waals surface area (Å²) >= 11 is 1.36. The first-order valence-electron chi connectivity index (χ1n) is 11.1. The van der Waals surface area contributed by atoms with Gasteiger partial charge in [0, 0.05) is 5.56 Å². The lowest BCUT2D eigenvalue weighted by Crippen LogP contribution is -2.38. The van der Waals surface area contributed by atoms with Crippen molar-refractivity contribution in [2.75, 3.05) is 0 Å². The number of carboxylic acid groups (broad SMARTS) is 1. The van der Waals surface area contributed by atoms with Gasteiger partial charge in [0.05, 0.1) is 22.2 Å². The topological polar surface area (TPSA) is 74.5 Å². The Balaban J connectivity index is 1.58. The maximum atomic E-state index is 13.7. The second kappa shape index (κ2) is 8.08. The van der Waals surface area contributed by atoms with Crippen molar-refractivity contribution in [3.8, 4) is 0 Å². The van der Waals surface area contributed by atoms with Crippen LogP contribution in [0, 0.1) is 0 Å². The number of aryl methyl sites for hydroxylation is 1. The highest BCUT2D eigenvalue weighted by Crippen LogP contribution is 2.41. The van der Waals surface area contributed by atoms with Gasteiger partial charge in [-0.3, -0.25) is 9.36 Å². The van der Waals surface area contributed by atoms with Gasteiger partial charge in [-0.15, -0.1) is 0 Å². The van der Waals surface area contributed by atoms with Crippen LogP contribution in [0.3, 0.4) is 0 Å². The molecule has 0 amide bonds. The van der Waals surface area contributed by atoms with Crippen LogP contribution >= 0.6 is 11.3 Å². The number of benzene rings is 3. The summed E-state index contributed by atoms with van der Waals surface area (Å²) in [5.41, 5.74) is 6.39. The lowest BCUT2D eigenvalue weighted by molar-refractivity contribution is -0.255. The maximum absolute atomic E-state index is 13.7. The van der Waals surface area contributed by atoms with E-state index >= 15 is 0 Å². The largest absolute Gasteiger partial charge is 0.545 e. The van der Waals surface area contributed by atoms with Gasteiger partial charge >= 0.3 is 0 Å². The molecule has 0 N–H and O–H groups in total. The van der Waals surface area contributed by atoms with Gasteiger partial charge in [-0.1, -0.05) is 90.2 Å². The van der Waals surface area contributed by atoms with E-state index in [2.05, 4.69) is 30.3 Å². The number of aromatic carboxylic acids is 1.